The summed E-state index contributed by atoms with van der Waals surface area (Å²) in [7, 11) is 1.22. The summed E-state index contributed by atoms with van der Waals surface area (Å²) in [6, 6.07) is 18.2. The van der Waals surface area contributed by atoms with E-state index in [0.717, 1.165) is 10.9 Å². The molecule has 28 heavy (non-hydrogen) atoms. The summed E-state index contributed by atoms with van der Waals surface area (Å²) in [5.74, 6) is -1.40. The van der Waals surface area contributed by atoms with Gasteiger partial charge in [0.1, 0.15) is 11.4 Å². The van der Waals surface area contributed by atoms with Crippen LogP contribution in [-0.2, 0) is 9.53 Å². The largest absolute Gasteiger partial charge is 0.468 e. The van der Waals surface area contributed by atoms with Crippen LogP contribution in [0.5, 0.6) is 11.6 Å². The van der Waals surface area contributed by atoms with Gasteiger partial charge in [-0.05, 0) is 36.4 Å². The molecule has 7 heteroatoms. The van der Waals surface area contributed by atoms with Crippen LogP contribution >= 0.6 is 0 Å². The Morgan fingerprint density at radius 1 is 1.04 bits per heavy atom. The van der Waals surface area contributed by atoms with Crippen LogP contribution in [0, 0.1) is 11.3 Å². The van der Waals surface area contributed by atoms with Gasteiger partial charge < -0.3 is 9.47 Å². The Morgan fingerprint density at radius 3 is 2.57 bits per heavy atom. The average molecular weight is 370 g/mol. The van der Waals surface area contributed by atoms with E-state index in [0.29, 0.717) is 16.8 Å². The number of ether oxygens (including phenoxy) is 2. The monoisotopic (exact) mass is 370 g/mol. The molecule has 136 valence electrons. The first-order chi connectivity index (χ1) is 13.7. The van der Waals surface area contributed by atoms with Crippen molar-refractivity contribution < 1.29 is 14.3 Å². The van der Waals surface area contributed by atoms with Crippen molar-refractivity contribution in [1.82, 2.24) is 15.0 Å². The van der Waals surface area contributed by atoms with Gasteiger partial charge in [-0.15, -0.1) is 0 Å². The number of benzene rings is 2. The van der Waals surface area contributed by atoms with Crippen LogP contribution in [0.25, 0.3) is 21.9 Å². The molecule has 0 spiro atoms. The summed E-state index contributed by atoms with van der Waals surface area (Å²) in [5.41, 5.74) is 2.07. The van der Waals surface area contributed by atoms with Gasteiger partial charge in [0, 0.05) is 11.6 Å². The van der Waals surface area contributed by atoms with Gasteiger partial charge in [0.15, 0.2) is 5.92 Å². The number of pyridine rings is 1. The molecule has 2 heterocycles. The van der Waals surface area contributed by atoms with Gasteiger partial charge in [0.05, 0.1) is 29.7 Å². The maximum atomic E-state index is 12.1. The van der Waals surface area contributed by atoms with Crippen molar-refractivity contribution in [1.29, 1.82) is 5.26 Å². The highest BCUT2D eigenvalue weighted by atomic mass is 16.5. The van der Waals surface area contributed by atoms with E-state index in [2.05, 4.69) is 15.0 Å². The summed E-state index contributed by atoms with van der Waals surface area (Å²) in [6.07, 6.45) is 1.71. The number of carbonyl (C=O) groups excluding carboxylic acids is 1. The minimum atomic E-state index is -1.25. The summed E-state index contributed by atoms with van der Waals surface area (Å²) in [5, 5.41) is 10.4. The molecule has 0 saturated heterocycles. The second kappa shape index (κ2) is 7.29. The summed E-state index contributed by atoms with van der Waals surface area (Å²) < 4.78 is 10.7. The normalized spacial score (nSPS) is 11.7. The van der Waals surface area contributed by atoms with Gasteiger partial charge in [0.2, 0.25) is 5.88 Å². The third-order valence-corrected chi connectivity index (χ3v) is 4.19. The van der Waals surface area contributed by atoms with Gasteiger partial charge in [-0.2, -0.15) is 5.26 Å². The zero-order valence-electron chi connectivity index (χ0n) is 14.9. The lowest BCUT2D eigenvalue weighted by Gasteiger charge is -2.13. The smallest absolute Gasteiger partial charge is 0.329 e. The molecule has 0 fully saturated rings. The Hall–Kier alpha value is -4.05. The quantitative estimate of drug-likeness (QED) is 0.505. The first kappa shape index (κ1) is 17.4. The highest BCUT2D eigenvalue weighted by Gasteiger charge is 2.28. The van der Waals surface area contributed by atoms with Crippen molar-refractivity contribution in [3.8, 4) is 17.7 Å². The number of para-hydroxylation sites is 2. The fourth-order valence-electron chi connectivity index (χ4n) is 2.83. The first-order valence-corrected chi connectivity index (χ1v) is 8.46. The molecule has 1 unspecified atom stereocenters. The van der Waals surface area contributed by atoms with E-state index in [1.807, 2.05) is 36.4 Å². The van der Waals surface area contributed by atoms with Crippen LogP contribution in [0.3, 0.4) is 0 Å². The maximum Gasteiger partial charge on any atom is 0.329 e. The SMILES string of the molecule is COC(=O)C(C#N)c1nc2ccccc2nc1Oc1ccc2ncccc2c1. The number of fused-ring (bicyclic) bond motifs is 2. The van der Waals surface area contributed by atoms with Gasteiger partial charge >= 0.3 is 5.97 Å². The van der Waals surface area contributed by atoms with Gasteiger partial charge in [-0.25, -0.2) is 9.97 Å². The standard InChI is InChI=1S/C21H14N4O3/c1-27-21(26)15(12-22)19-20(25-18-7-3-2-6-17(18)24-19)28-14-8-9-16-13(11-14)5-4-10-23-16/h2-11,15H,1H3. The molecule has 0 bridgehead atoms. The van der Waals surface area contributed by atoms with Crippen molar-refractivity contribution in [3.05, 3.63) is 66.5 Å². The molecule has 0 amide bonds. The molecule has 4 rings (SSSR count). The van der Waals surface area contributed by atoms with Crippen molar-refractivity contribution in [2.45, 2.75) is 5.92 Å². The van der Waals surface area contributed by atoms with Crippen LogP contribution in [0.1, 0.15) is 11.6 Å². The lowest BCUT2D eigenvalue weighted by Crippen LogP contribution is -2.15. The fourth-order valence-corrected chi connectivity index (χ4v) is 2.83. The Balaban J connectivity index is 1.84. The summed E-state index contributed by atoms with van der Waals surface area (Å²) >= 11 is 0. The number of nitriles is 1. The molecule has 0 radical (unpaired) electrons. The Bertz CT molecular complexity index is 1230. The molecule has 0 aliphatic rings. The zero-order chi connectivity index (χ0) is 19.5. The molecular weight excluding hydrogens is 356 g/mol. The fraction of sp³-hybridized carbons (Fsp3) is 0.0952. The number of methoxy groups -OCH3 is 1. The van der Waals surface area contributed by atoms with Crippen LogP contribution < -0.4 is 4.74 Å². The van der Waals surface area contributed by atoms with Crippen molar-refractivity contribution in [2.24, 2.45) is 0 Å². The second-order valence-corrected chi connectivity index (χ2v) is 5.95. The predicted octanol–water partition coefficient (Wildman–Crippen LogP) is 3.75. The zero-order valence-corrected chi connectivity index (χ0v) is 14.9. The van der Waals surface area contributed by atoms with Crippen molar-refractivity contribution in [2.75, 3.05) is 7.11 Å². The lowest BCUT2D eigenvalue weighted by molar-refractivity contribution is -0.141. The number of esters is 1. The van der Waals surface area contributed by atoms with E-state index in [4.69, 9.17) is 9.47 Å². The first-order valence-electron chi connectivity index (χ1n) is 8.46. The minimum absolute atomic E-state index is 0.0823. The Labute approximate surface area is 160 Å². The lowest BCUT2D eigenvalue weighted by atomic mass is 10.1. The summed E-state index contributed by atoms with van der Waals surface area (Å²) in [4.78, 5) is 25.3. The van der Waals surface area contributed by atoms with E-state index in [1.165, 1.54) is 7.11 Å². The third-order valence-electron chi connectivity index (χ3n) is 4.19. The second-order valence-electron chi connectivity index (χ2n) is 5.95. The highest BCUT2D eigenvalue weighted by Crippen LogP contribution is 2.31. The molecule has 2 aromatic heterocycles. The number of hydrogen-bond donors (Lipinski definition) is 0. The van der Waals surface area contributed by atoms with Crippen LogP contribution in [0.2, 0.25) is 0 Å². The van der Waals surface area contributed by atoms with E-state index in [-0.39, 0.29) is 11.6 Å². The van der Waals surface area contributed by atoms with Crippen molar-refractivity contribution in [3.63, 3.8) is 0 Å². The molecule has 7 nitrogen and oxygen atoms in total. The molecule has 2 aromatic carbocycles. The van der Waals surface area contributed by atoms with Crippen LogP contribution in [0.15, 0.2) is 60.8 Å². The van der Waals surface area contributed by atoms with Gasteiger partial charge in [0.25, 0.3) is 0 Å². The van der Waals surface area contributed by atoms with E-state index in [9.17, 15) is 10.1 Å². The topological polar surface area (TPSA) is 98.0 Å². The average Bonchev–Trinajstić information content (AvgIpc) is 2.74. The van der Waals surface area contributed by atoms with Gasteiger partial charge in [-0.1, -0.05) is 18.2 Å². The number of hydrogen-bond acceptors (Lipinski definition) is 7. The number of nitrogens with zero attached hydrogens (tertiary/aromatic N) is 4. The summed E-state index contributed by atoms with van der Waals surface area (Å²) in [6.45, 7) is 0. The highest BCUT2D eigenvalue weighted by molar-refractivity contribution is 5.83. The molecule has 0 N–H and O–H groups in total. The number of aromatic nitrogens is 3. The van der Waals surface area contributed by atoms with E-state index >= 15 is 0 Å². The van der Waals surface area contributed by atoms with E-state index in [1.54, 1.807) is 30.5 Å². The third kappa shape index (κ3) is 3.19. The van der Waals surface area contributed by atoms with Crippen LogP contribution in [0.4, 0.5) is 0 Å². The maximum absolute atomic E-state index is 12.1. The Morgan fingerprint density at radius 2 is 1.82 bits per heavy atom. The number of rotatable bonds is 4. The number of carbonyl (C=O) groups is 1. The Kier molecular flexibility index (Phi) is 4.52. The molecule has 4 aromatic rings. The minimum Gasteiger partial charge on any atom is -0.468 e. The van der Waals surface area contributed by atoms with Gasteiger partial charge in [-0.3, -0.25) is 9.78 Å². The molecule has 0 saturated carbocycles. The van der Waals surface area contributed by atoms with E-state index < -0.39 is 11.9 Å². The van der Waals surface area contributed by atoms with Crippen molar-refractivity contribution >= 4 is 27.9 Å². The molecular formula is C21H14N4O3. The molecule has 0 aliphatic heterocycles. The molecule has 1 atom stereocenters. The van der Waals surface area contributed by atoms with Crippen LogP contribution in [-0.4, -0.2) is 28.0 Å². The molecule has 0 aliphatic carbocycles. The predicted molar refractivity (Wildman–Crippen MR) is 102 cm³/mol.